The maximum Gasteiger partial charge on any atom is 0.103 e. The van der Waals surface area contributed by atoms with Crippen LogP contribution in [-0.2, 0) is 6.54 Å². The SMILES string of the molecule is CCN(CC)CCn1c2ccccc2c2cnc(C)c(C#N)c21. The van der Waals surface area contributed by atoms with Gasteiger partial charge in [-0.05, 0) is 26.1 Å². The fourth-order valence-electron chi connectivity index (χ4n) is 3.28. The summed E-state index contributed by atoms with van der Waals surface area (Å²) < 4.78 is 2.29. The summed E-state index contributed by atoms with van der Waals surface area (Å²) in [6, 6.07) is 10.7. The molecule has 0 spiro atoms. The number of fused-ring (bicyclic) bond motifs is 3. The number of pyridine rings is 1. The first-order valence-electron chi connectivity index (χ1n) is 8.20. The van der Waals surface area contributed by atoms with Gasteiger partial charge in [-0.25, -0.2) is 0 Å². The summed E-state index contributed by atoms with van der Waals surface area (Å²) in [5, 5.41) is 11.9. The average molecular weight is 306 g/mol. The van der Waals surface area contributed by atoms with Crippen molar-refractivity contribution in [3.05, 3.63) is 41.7 Å². The Morgan fingerprint density at radius 2 is 1.91 bits per heavy atom. The molecule has 0 amide bonds. The first-order chi connectivity index (χ1) is 11.2. The molecule has 118 valence electrons. The van der Waals surface area contributed by atoms with Crippen LogP contribution in [0.4, 0.5) is 0 Å². The lowest BCUT2D eigenvalue weighted by Gasteiger charge is -2.19. The first-order valence-corrected chi connectivity index (χ1v) is 8.20. The van der Waals surface area contributed by atoms with Crippen LogP contribution in [0, 0.1) is 18.3 Å². The average Bonchev–Trinajstić information content (AvgIpc) is 2.90. The van der Waals surface area contributed by atoms with Gasteiger partial charge < -0.3 is 9.47 Å². The third-order valence-corrected chi connectivity index (χ3v) is 4.64. The highest BCUT2D eigenvalue weighted by Crippen LogP contribution is 2.31. The van der Waals surface area contributed by atoms with E-state index in [2.05, 4.69) is 52.6 Å². The van der Waals surface area contributed by atoms with Gasteiger partial charge in [0, 0.05) is 35.6 Å². The fourth-order valence-corrected chi connectivity index (χ4v) is 3.28. The molecule has 0 radical (unpaired) electrons. The van der Waals surface area contributed by atoms with Crippen molar-refractivity contribution in [1.29, 1.82) is 5.26 Å². The number of aryl methyl sites for hydroxylation is 1. The van der Waals surface area contributed by atoms with Gasteiger partial charge in [-0.3, -0.25) is 4.98 Å². The standard InChI is InChI=1S/C19H22N4/c1-4-22(5-2)10-11-23-18-9-7-6-8-15(18)17-13-21-14(3)16(12-20)19(17)23/h6-9,13H,4-5,10-11H2,1-3H3. The van der Waals surface area contributed by atoms with Gasteiger partial charge in [-0.2, -0.15) is 5.26 Å². The van der Waals surface area contributed by atoms with Crippen LogP contribution in [0.2, 0.25) is 0 Å². The number of nitriles is 1. The molecule has 4 heteroatoms. The second kappa shape index (κ2) is 6.39. The van der Waals surface area contributed by atoms with Crippen LogP contribution < -0.4 is 0 Å². The lowest BCUT2D eigenvalue weighted by Crippen LogP contribution is -2.27. The van der Waals surface area contributed by atoms with Crippen LogP contribution in [-0.4, -0.2) is 34.1 Å². The molecular formula is C19H22N4. The molecule has 3 aromatic rings. The van der Waals surface area contributed by atoms with Crippen molar-refractivity contribution in [3.63, 3.8) is 0 Å². The topological polar surface area (TPSA) is 44.9 Å². The Morgan fingerprint density at radius 3 is 2.61 bits per heavy atom. The van der Waals surface area contributed by atoms with Crippen molar-refractivity contribution in [2.45, 2.75) is 27.3 Å². The molecule has 23 heavy (non-hydrogen) atoms. The molecule has 0 atom stereocenters. The van der Waals surface area contributed by atoms with Crippen LogP contribution in [0.5, 0.6) is 0 Å². The predicted octanol–water partition coefficient (Wildman–Crippen LogP) is 3.71. The summed E-state index contributed by atoms with van der Waals surface area (Å²) in [7, 11) is 0. The third kappa shape index (κ3) is 2.58. The molecule has 0 fully saturated rings. The van der Waals surface area contributed by atoms with E-state index in [9.17, 15) is 5.26 Å². The molecule has 0 saturated heterocycles. The molecule has 3 rings (SSSR count). The van der Waals surface area contributed by atoms with Crippen LogP contribution in [0.1, 0.15) is 25.1 Å². The number of nitrogens with zero attached hydrogens (tertiary/aromatic N) is 4. The van der Waals surface area contributed by atoms with Gasteiger partial charge in [0.25, 0.3) is 0 Å². The Labute approximate surface area is 137 Å². The second-order valence-corrected chi connectivity index (χ2v) is 5.79. The monoisotopic (exact) mass is 306 g/mol. The van der Waals surface area contributed by atoms with Gasteiger partial charge in [-0.1, -0.05) is 32.0 Å². The van der Waals surface area contributed by atoms with Crippen molar-refractivity contribution < 1.29 is 0 Å². The van der Waals surface area contributed by atoms with Gasteiger partial charge in [0.05, 0.1) is 16.8 Å². The second-order valence-electron chi connectivity index (χ2n) is 5.79. The van der Waals surface area contributed by atoms with Crippen LogP contribution >= 0.6 is 0 Å². The minimum absolute atomic E-state index is 0.693. The maximum absolute atomic E-state index is 9.62. The summed E-state index contributed by atoms with van der Waals surface area (Å²) in [4.78, 5) is 6.83. The van der Waals surface area contributed by atoms with E-state index in [1.165, 1.54) is 10.9 Å². The van der Waals surface area contributed by atoms with Gasteiger partial charge in [0.15, 0.2) is 0 Å². The van der Waals surface area contributed by atoms with Gasteiger partial charge in [-0.15, -0.1) is 0 Å². The van der Waals surface area contributed by atoms with E-state index in [1.807, 2.05) is 19.2 Å². The Bertz CT molecular complexity index is 882. The molecule has 4 nitrogen and oxygen atoms in total. The maximum atomic E-state index is 9.62. The normalized spacial score (nSPS) is 11.4. The fraction of sp³-hybridized carbons (Fsp3) is 0.368. The zero-order valence-electron chi connectivity index (χ0n) is 14.0. The summed E-state index contributed by atoms with van der Waals surface area (Å²) in [5.41, 5.74) is 3.69. The minimum Gasteiger partial charge on any atom is -0.338 e. The number of likely N-dealkylation sites (N-methyl/N-ethyl adjacent to an activating group) is 1. The Kier molecular flexibility index (Phi) is 4.31. The van der Waals surface area contributed by atoms with Gasteiger partial charge in [0.1, 0.15) is 6.07 Å². The molecule has 1 aromatic carbocycles. The van der Waals surface area contributed by atoms with Crippen molar-refractivity contribution in [3.8, 4) is 6.07 Å². The number of para-hydroxylation sites is 1. The Balaban J connectivity index is 2.24. The number of rotatable bonds is 5. The predicted molar refractivity (Wildman–Crippen MR) is 94.5 cm³/mol. The largest absolute Gasteiger partial charge is 0.338 e. The zero-order valence-corrected chi connectivity index (χ0v) is 14.0. The highest BCUT2D eigenvalue weighted by molar-refractivity contribution is 6.09. The molecule has 0 saturated carbocycles. The van der Waals surface area contributed by atoms with E-state index in [-0.39, 0.29) is 0 Å². The lowest BCUT2D eigenvalue weighted by molar-refractivity contribution is 0.293. The number of hydrogen-bond acceptors (Lipinski definition) is 3. The number of aromatic nitrogens is 2. The third-order valence-electron chi connectivity index (χ3n) is 4.64. The smallest absolute Gasteiger partial charge is 0.103 e. The molecule has 2 aromatic heterocycles. The minimum atomic E-state index is 0.693. The van der Waals surface area contributed by atoms with Crippen LogP contribution in [0.3, 0.4) is 0 Å². The van der Waals surface area contributed by atoms with Gasteiger partial charge >= 0.3 is 0 Å². The van der Waals surface area contributed by atoms with Crippen LogP contribution in [0.15, 0.2) is 30.5 Å². The van der Waals surface area contributed by atoms with Crippen LogP contribution in [0.25, 0.3) is 21.8 Å². The summed E-state index contributed by atoms with van der Waals surface area (Å²) >= 11 is 0. The first kappa shape index (κ1) is 15.5. The van der Waals surface area contributed by atoms with E-state index in [1.54, 1.807) is 0 Å². The van der Waals surface area contributed by atoms with E-state index >= 15 is 0 Å². The van der Waals surface area contributed by atoms with Crippen molar-refractivity contribution in [2.24, 2.45) is 0 Å². The summed E-state index contributed by atoms with van der Waals surface area (Å²) in [6.07, 6.45) is 1.90. The summed E-state index contributed by atoms with van der Waals surface area (Å²) in [5.74, 6) is 0. The Hall–Kier alpha value is -2.38. The van der Waals surface area contributed by atoms with E-state index in [0.29, 0.717) is 5.56 Å². The molecule has 0 N–H and O–H groups in total. The molecule has 2 heterocycles. The van der Waals surface area contributed by atoms with Crippen molar-refractivity contribution in [2.75, 3.05) is 19.6 Å². The van der Waals surface area contributed by atoms with E-state index in [0.717, 1.165) is 42.8 Å². The number of benzene rings is 1. The summed E-state index contributed by atoms with van der Waals surface area (Å²) in [6.45, 7) is 10.2. The molecule has 0 bridgehead atoms. The van der Waals surface area contributed by atoms with E-state index < -0.39 is 0 Å². The Morgan fingerprint density at radius 1 is 1.17 bits per heavy atom. The molecule has 0 aliphatic heterocycles. The van der Waals surface area contributed by atoms with Crippen molar-refractivity contribution >= 4 is 21.8 Å². The number of hydrogen-bond donors (Lipinski definition) is 0. The van der Waals surface area contributed by atoms with Gasteiger partial charge in [0.2, 0.25) is 0 Å². The molecule has 0 aliphatic carbocycles. The quantitative estimate of drug-likeness (QED) is 0.722. The van der Waals surface area contributed by atoms with E-state index in [4.69, 9.17) is 0 Å². The molecule has 0 unspecified atom stereocenters. The van der Waals surface area contributed by atoms with Crippen molar-refractivity contribution in [1.82, 2.24) is 14.5 Å². The highest BCUT2D eigenvalue weighted by atomic mass is 15.1. The molecular weight excluding hydrogens is 284 g/mol. The molecule has 0 aliphatic rings. The highest BCUT2D eigenvalue weighted by Gasteiger charge is 2.16. The zero-order chi connectivity index (χ0) is 16.4. The lowest BCUT2D eigenvalue weighted by atomic mass is 10.1.